The highest BCUT2D eigenvalue weighted by atomic mass is 35.5. The summed E-state index contributed by atoms with van der Waals surface area (Å²) in [5, 5.41) is 0.479. The number of aromatic nitrogens is 1. The molecular weight excluding hydrogens is 189 g/mol. The molecule has 0 aromatic carbocycles. The maximum Gasteiger partial charge on any atom is 0.298 e. The fourth-order valence-electron chi connectivity index (χ4n) is 0.538. The Kier molecular flexibility index (Phi) is 2.68. The SMILES string of the molecule is O=COc1cc(Cl)ncc1Cl. The van der Waals surface area contributed by atoms with Crippen molar-refractivity contribution in [3.8, 4) is 5.75 Å². The standard InChI is InChI=1S/C6H3Cl2NO2/c7-4-2-9-6(8)1-5(4)11-3-10/h1-3H. The summed E-state index contributed by atoms with van der Waals surface area (Å²) in [4.78, 5) is 13.6. The smallest absolute Gasteiger partial charge is 0.298 e. The molecule has 0 unspecified atom stereocenters. The van der Waals surface area contributed by atoms with Crippen molar-refractivity contribution >= 4 is 29.7 Å². The summed E-state index contributed by atoms with van der Waals surface area (Å²) < 4.78 is 4.48. The van der Waals surface area contributed by atoms with Crippen LogP contribution in [0.1, 0.15) is 0 Å². The number of hydrogen-bond donors (Lipinski definition) is 0. The van der Waals surface area contributed by atoms with Gasteiger partial charge in [-0.2, -0.15) is 0 Å². The zero-order valence-corrected chi connectivity index (χ0v) is 6.76. The molecule has 0 fully saturated rings. The van der Waals surface area contributed by atoms with Crippen LogP contribution in [-0.2, 0) is 4.79 Å². The zero-order valence-electron chi connectivity index (χ0n) is 5.25. The Bertz CT molecular complexity index is 277. The lowest BCUT2D eigenvalue weighted by Crippen LogP contribution is -1.89. The summed E-state index contributed by atoms with van der Waals surface area (Å²) >= 11 is 11.1. The fourth-order valence-corrected chi connectivity index (χ4v) is 0.834. The number of carbonyl (C=O) groups is 1. The number of nitrogens with zero attached hydrogens (tertiary/aromatic N) is 1. The average molecular weight is 192 g/mol. The minimum atomic E-state index is 0.210. The fraction of sp³-hybridized carbons (Fsp3) is 0. The van der Waals surface area contributed by atoms with Crippen molar-refractivity contribution < 1.29 is 9.53 Å². The minimum absolute atomic E-state index is 0.210. The Morgan fingerprint density at radius 3 is 2.91 bits per heavy atom. The second-order valence-corrected chi connectivity index (χ2v) is 2.45. The lowest BCUT2D eigenvalue weighted by Gasteiger charge is -1.98. The van der Waals surface area contributed by atoms with Crippen LogP contribution < -0.4 is 4.74 Å². The van der Waals surface area contributed by atoms with E-state index in [9.17, 15) is 4.79 Å². The molecule has 0 atom stereocenters. The molecular formula is C6H3Cl2NO2. The molecule has 11 heavy (non-hydrogen) atoms. The van der Waals surface area contributed by atoms with Gasteiger partial charge < -0.3 is 4.74 Å². The van der Waals surface area contributed by atoms with Crippen molar-refractivity contribution in [3.05, 3.63) is 22.4 Å². The average Bonchev–Trinajstić information content (AvgIpc) is 1.98. The minimum Gasteiger partial charge on any atom is -0.427 e. The Hall–Kier alpha value is -0.800. The molecule has 0 saturated heterocycles. The van der Waals surface area contributed by atoms with E-state index in [1.54, 1.807) is 0 Å². The zero-order chi connectivity index (χ0) is 8.27. The quantitative estimate of drug-likeness (QED) is 0.530. The first-order chi connectivity index (χ1) is 5.24. The highest BCUT2D eigenvalue weighted by Gasteiger charge is 2.01. The van der Waals surface area contributed by atoms with Crippen molar-refractivity contribution in [2.24, 2.45) is 0 Å². The molecule has 0 N–H and O–H groups in total. The van der Waals surface area contributed by atoms with E-state index >= 15 is 0 Å². The molecule has 0 amide bonds. The van der Waals surface area contributed by atoms with Gasteiger partial charge in [0.1, 0.15) is 10.2 Å². The van der Waals surface area contributed by atoms with Gasteiger partial charge in [-0.05, 0) is 0 Å². The molecule has 0 aliphatic carbocycles. The Labute approximate surface area is 72.9 Å². The first-order valence-corrected chi connectivity index (χ1v) is 3.41. The molecule has 0 bridgehead atoms. The first-order valence-electron chi connectivity index (χ1n) is 2.65. The van der Waals surface area contributed by atoms with Crippen molar-refractivity contribution in [3.63, 3.8) is 0 Å². The van der Waals surface area contributed by atoms with E-state index in [0.717, 1.165) is 0 Å². The van der Waals surface area contributed by atoms with E-state index in [-0.39, 0.29) is 22.4 Å². The second-order valence-electron chi connectivity index (χ2n) is 1.65. The van der Waals surface area contributed by atoms with Gasteiger partial charge in [0.2, 0.25) is 0 Å². The Morgan fingerprint density at radius 2 is 2.27 bits per heavy atom. The predicted molar refractivity (Wildman–Crippen MR) is 40.9 cm³/mol. The third-order valence-corrected chi connectivity index (χ3v) is 1.45. The maximum atomic E-state index is 9.89. The lowest BCUT2D eigenvalue weighted by molar-refractivity contribution is -0.120. The van der Waals surface area contributed by atoms with E-state index in [2.05, 4.69) is 9.72 Å². The van der Waals surface area contributed by atoms with Gasteiger partial charge in [-0.3, -0.25) is 4.79 Å². The third-order valence-electron chi connectivity index (χ3n) is 0.962. The topological polar surface area (TPSA) is 39.2 Å². The van der Waals surface area contributed by atoms with Crippen LogP contribution in [0.3, 0.4) is 0 Å². The molecule has 3 nitrogen and oxygen atoms in total. The van der Waals surface area contributed by atoms with E-state index in [1.165, 1.54) is 12.3 Å². The first kappa shape index (κ1) is 8.30. The summed E-state index contributed by atoms with van der Waals surface area (Å²) in [6.07, 6.45) is 1.31. The van der Waals surface area contributed by atoms with Crippen molar-refractivity contribution in [1.82, 2.24) is 4.98 Å². The highest BCUT2D eigenvalue weighted by Crippen LogP contribution is 2.24. The van der Waals surface area contributed by atoms with E-state index in [1.807, 2.05) is 0 Å². The van der Waals surface area contributed by atoms with Crippen molar-refractivity contribution in [2.75, 3.05) is 0 Å². The molecule has 0 radical (unpaired) electrons. The van der Waals surface area contributed by atoms with Crippen LogP contribution in [0.4, 0.5) is 0 Å². The molecule has 0 saturated carbocycles. The predicted octanol–water partition coefficient (Wildman–Crippen LogP) is 1.92. The molecule has 1 aromatic heterocycles. The van der Waals surface area contributed by atoms with Crippen LogP contribution >= 0.6 is 23.2 Å². The van der Waals surface area contributed by atoms with E-state index in [4.69, 9.17) is 23.2 Å². The van der Waals surface area contributed by atoms with Gasteiger partial charge in [0.05, 0.1) is 6.20 Å². The number of pyridine rings is 1. The lowest BCUT2D eigenvalue weighted by atomic mass is 10.4. The largest absolute Gasteiger partial charge is 0.427 e. The number of ether oxygens (including phenoxy) is 1. The van der Waals surface area contributed by atoms with Crippen LogP contribution in [0, 0.1) is 0 Å². The molecule has 58 valence electrons. The van der Waals surface area contributed by atoms with Gasteiger partial charge in [0, 0.05) is 6.07 Å². The van der Waals surface area contributed by atoms with E-state index in [0.29, 0.717) is 0 Å². The van der Waals surface area contributed by atoms with Crippen LogP contribution in [0.2, 0.25) is 10.2 Å². The number of rotatable bonds is 2. The van der Waals surface area contributed by atoms with Gasteiger partial charge >= 0.3 is 0 Å². The third kappa shape index (κ3) is 2.06. The number of hydrogen-bond acceptors (Lipinski definition) is 3. The monoisotopic (exact) mass is 191 g/mol. The number of halogens is 2. The van der Waals surface area contributed by atoms with Crippen molar-refractivity contribution in [2.45, 2.75) is 0 Å². The molecule has 0 aliphatic heterocycles. The molecule has 1 rings (SSSR count). The number of carbonyl (C=O) groups excluding carboxylic acids is 1. The summed E-state index contributed by atoms with van der Waals surface area (Å²) in [5.41, 5.74) is 0. The van der Waals surface area contributed by atoms with Gasteiger partial charge in [-0.25, -0.2) is 4.98 Å². The van der Waals surface area contributed by atoms with Crippen LogP contribution in [0.15, 0.2) is 12.3 Å². The van der Waals surface area contributed by atoms with Crippen LogP contribution in [-0.4, -0.2) is 11.5 Å². The van der Waals surface area contributed by atoms with E-state index < -0.39 is 0 Å². The summed E-state index contributed by atoms with van der Waals surface area (Å²) in [6, 6.07) is 1.36. The molecule has 0 spiro atoms. The summed E-state index contributed by atoms with van der Waals surface area (Å²) in [7, 11) is 0. The Morgan fingerprint density at radius 1 is 1.55 bits per heavy atom. The van der Waals surface area contributed by atoms with Gasteiger partial charge in [-0.1, -0.05) is 23.2 Å². The highest BCUT2D eigenvalue weighted by molar-refractivity contribution is 6.33. The van der Waals surface area contributed by atoms with Gasteiger partial charge in [-0.15, -0.1) is 0 Å². The maximum absolute atomic E-state index is 9.89. The Balaban J connectivity index is 3.01. The summed E-state index contributed by atoms with van der Waals surface area (Å²) in [6.45, 7) is 0.275. The van der Waals surface area contributed by atoms with Crippen LogP contribution in [0.25, 0.3) is 0 Å². The normalized spacial score (nSPS) is 9.27. The molecule has 0 aliphatic rings. The molecule has 5 heteroatoms. The van der Waals surface area contributed by atoms with Crippen LogP contribution in [0.5, 0.6) is 5.75 Å². The van der Waals surface area contributed by atoms with Crippen molar-refractivity contribution in [1.29, 1.82) is 0 Å². The molecule has 1 aromatic rings. The second kappa shape index (κ2) is 3.55. The summed E-state index contributed by atoms with van der Waals surface area (Å²) in [5.74, 6) is 0.210. The van der Waals surface area contributed by atoms with Gasteiger partial charge in [0.25, 0.3) is 6.47 Å². The van der Waals surface area contributed by atoms with Gasteiger partial charge in [0.15, 0.2) is 5.75 Å². The molecule has 1 heterocycles.